The minimum absolute atomic E-state index is 0.198. The van der Waals surface area contributed by atoms with Gasteiger partial charge in [-0.25, -0.2) is 4.79 Å². The molecule has 1 aliphatic rings. The lowest BCUT2D eigenvalue weighted by molar-refractivity contribution is 0.0105. The Bertz CT molecular complexity index is 511. The van der Waals surface area contributed by atoms with E-state index >= 15 is 0 Å². The van der Waals surface area contributed by atoms with Crippen LogP contribution in [-0.2, 0) is 4.74 Å². The lowest BCUT2D eigenvalue weighted by atomic mass is 10.1. The minimum Gasteiger partial charge on any atom is -0.497 e. The first-order valence-corrected chi connectivity index (χ1v) is 7.28. The predicted octanol–water partition coefficient (Wildman–Crippen LogP) is 2.74. The molecule has 122 valence electrons. The van der Waals surface area contributed by atoms with E-state index in [-0.39, 0.29) is 12.1 Å². The van der Waals surface area contributed by atoms with Crippen molar-refractivity contribution in [3.63, 3.8) is 0 Å². The van der Waals surface area contributed by atoms with Crippen molar-refractivity contribution in [1.82, 2.24) is 4.90 Å². The molecule has 0 saturated carbocycles. The van der Waals surface area contributed by atoms with Crippen molar-refractivity contribution >= 4 is 11.8 Å². The first kappa shape index (κ1) is 16.3. The fourth-order valence-corrected chi connectivity index (χ4v) is 2.17. The number of ether oxygens (including phenoxy) is 3. The molecule has 1 aromatic rings. The van der Waals surface area contributed by atoms with Crippen molar-refractivity contribution in [2.24, 2.45) is 0 Å². The highest BCUT2D eigenvalue weighted by Gasteiger charge is 2.33. The highest BCUT2D eigenvalue weighted by molar-refractivity contribution is 5.70. The van der Waals surface area contributed by atoms with Crippen LogP contribution in [0, 0.1) is 0 Å². The molecule has 1 saturated heterocycles. The van der Waals surface area contributed by atoms with Gasteiger partial charge in [-0.1, -0.05) is 0 Å². The fraction of sp³-hybridized carbons (Fsp3) is 0.562. The third kappa shape index (κ3) is 4.19. The monoisotopic (exact) mass is 308 g/mol. The predicted molar refractivity (Wildman–Crippen MR) is 84.8 cm³/mol. The molecule has 1 aliphatic heterocycles. The van der Waals surface area contributed by atoms with Gasteiger partial charge < -0.3 is 24.4 Å². The van der Waals surface area contributed by atoms with Crippen LogP contribution in [0.1, 0.15) is 20.8 Å². The summed E-state index contributed by atoms with van der Waals surface area (Å²) in [6.07, 6.45) is -0.270. The van der Waals surface area contributed by atoms with Gasteiger partial charge >= 0.3 is 6.09 Å². The number of carbonyl (C=O) groups is 1. The molecule has 22 heavy (non-hydrogen) atoms. The zero-order valence-corrected chi connectivity index (χ0v) is 13.8. The molecule has 1 amide bonds. The molecule has 0 unspecified atom stereocenters. The third-order valence-corrected chi connectivity index (χ3v) is 3.26. The van der Waals surface area contributed by atoms with Crippen molar-refractivity contribution < 1.29 is 19.0 Å². The molecule has 0 aromatic heterocycles. The molecule has 1 heterocycles. The van der Waals surface area contributed by atoms with Gasteiger partial charge in [0.15, 0.2) is 0 Å². The first-order chi connectivity index (χ1) is 10.3. The molecule has 2 rings (SSSR count). The number of nitrogens with one attached hydrogen (secondary N) is 1. The van der Waals surface area contributed by atoms with E-state index in [0.29, 0.717) is 13.1 Å². The minimum atomic E-state index is -0.463. The van der Waals surface area contributed by atoms with E-state index in [1.54, 1.807) is 19.1 Å². The maximum absolute atomic E-state index is 11.9. The van der Waals surface area contributed by atoms with Crippen LogP contribution in [0.5, 0.6) is 11.5 Å². The number of likely N-dealkylation sites (tertiary alicyclic amines) is 1. The van der Waals surface area contributed by atoms with Gasteiger partial charge in [-0.2, -0.15) is 0 Å². The van der Waals surface area contributed by atoms with E-state index in [2.05, 4.69) is 5.32 Å². The van der Waals surface area contributed by atoms with Crippen LogP contribution >= 0.6 is 0 Å². The highest BCUT2D eigenvalue weighted by atomic mass is 16.6. The van der Waals surface area contributed by atoms with Crippen LogP contribution in [0.25, 0.3) is 0 Å². The number of rotatable bonds is 4. The van der Waals surface area contributed by atoms with E-state index < -0.39 is 5.60 Å². The van der Waals surface area contributed by atoms with Gasteiger partial charge in [0.2, 0.25) is 0 Å². The number of carbonyl (C=O) groups excluding carboxylic acids is 1. The van der Waals surface area contributed by atoms with E-state index in [4.69, 9.17) is 14.2 Å². The van der Waals surface area contributed by atoms with Gasteiger partial charge in [-0.3, -0.25) is 0 Å². The first-order valence-electron chi connectivity index (χ1n) is 7.28. The Morgan fingerprint density at radius 2 is 1.68 bits per heavy atom. The maximum atomic E-state index is 11.9. The van der Waals surface area contributed by atoms with Crippen LogP contribution in [0.4, 0.5) is 10.5 Å². The van der Waals surface area contributed by atoms with Gasteiger partial charge in [0, 0.05) is 37.0 Å². The lowest BCUT2D eigenvalue weighted by Crippen LogP contribution is -2.57. The number of hydrogen-bond donors (Lipinski definition) is 1. The average Bonchev–Trinajstić information content (AvgIpc) is 2.39. The number of hydrogen-bond acceptors (Lipinski definition) is 5. The molecule has 1 N–H and O–H groups in total. The fourth-order valence-electron chi connectivity index (χ4n) is 2.17. The smallest absolute Gasteiger partial charge is 0.410 e. The Morgan fingerprint density at radius 3 is 2.14 bits per heavy atom. The van der Waals surface area contributed by atoms with Crippen LogP contribution in [0.2, 0.25) is 0 Å². The molecule has 0 aliphatic carbocycles. The highest BCUT2D eigenvalue weighted by Crippen LogP contribution is 2.27. The molecular formula is C16H24N2O4. The number of methoxy groups -OCH3 is 2. The van der Waals surface area contributed by atoms with Crippen molar-refractivity contribution in [2.75, 3.05) is 32.6 Å². The summed E-state index contributed by atoms with van der Waals surface area (Å²) in [6.45, 7) is 6.83. The van der Waals surface area contributed by atoms with Gasteiger partial charge in [-0.05, 0) is 20.8 Å². The van der Waals surface area contributed by atoms with Gasteiger partial charge in [0.25, 0.3) is 0 Å². The Labute approximate surface area is 131 Å². The lowest BCUT2D eigenvalue weighted by Gasteiger charge is -2.40. The van der Waals surface area contributed by atoms with E-state index in [0.717, 1.165) is 17.2 Å². The largest absolute Gasteiger partial charge is 0.497 e. The van der Waals surface area contributed by atoms with Crippen molar-refractivity contribution in [3.8, 4) is 11.5 Å². The number of anilines is 1. The Morgan fingerprint density at radius 1 is 1.14 bits per heavy atom. The third-order valence-electron chi connectivity index (χ3n) is 3.26. The second kappa shape index (κ2) is 6.34. The molecule has 6 heteroatoms. The summed E-state index contributed by atoms with van der Waals surface area (Å²) in [5, 5.41) is 3.37. The molecule has 0 spiro atoms. The molecule has 0 radical (unpaired) electrons. The number of amides is 1. The van der Waals surface area contributed by atoms with E-state index in [1.807, 2.05) is 39.0 Å². The van der Waals surface area contributed by atoms with Crippen LogP contribution in [0.15, 0.2) is 18.2 Å². The summed E-state index contributed by atoms with van der Waals surface area (Å²) in [5.41, 5.74) is 0.445. The summed E-state index contributed by atoms with van der Waals surface area (Å²) < 4.78 is 15.8. The van der Waals surface area contributed by atoms with E-state index in [9.17, 15) is 4.79 Å². The zero-order chi connectivity index (χ0) is 16.3. The van der Waals surface area contributed by atoms with Crippen LogP contribution in [0.3, 0.4) is 0 Å². The van der Waals surface area contributed by atoms with Gasteiger partial charge in [0.1, 0.15) is 17.1 Å². The summed E-state index contributed by atoms with van der Waals surface area (Å²) in [6, 6.07) is 5.82. The Kier molecular flexibility index (Phi) is 4.68. The van der Waals surface area contributed by atoms with Gasteiger partial charge in [0.05, 0.1) is 20.3 Å². The van der Waals surface area contributed by atoms with Crippen LogP contribution < -0.4 is 14.8 Å². The molecular weight excluding hydrogens is 284 g/mol. The molecule has 6 nitrogen and oxygen atoms in total. The Hall–Kier alpha value is -2.11. The van der Waals surface area contributed by atoms with Crippen molar-refractivity contribution in [1.29, 1.82) is 0 Å². The molecule has 0 bridgehead atoms. The summed E-state index contributed by atoms with van der Waals surface area (Å²) in [7, 11) is 3.23. The maximum Gasteiger partial charge on any atom is 0.410 e. The molecule has 0 atom stereocenters. The molecule has 1 aromatic carbocycles. The number of nitrogens with zero attached hydrogens (tertiary/aromatic N) is 1. The standard InChI is InChI=1S/C16H24N2O4/c1-16(2,3)22-15(19)18-9-12(10-18)17-11-6-13(20-4)8-14(7-11)21-5/h6-8,12,17H,9-10H2,1-5H3. The average molecular weight is 308 g/mol. The zero-order valence-electron chi connectivity index (χ0n) is 13.8. The summed E-state index contributed by atoms with van der Waals surface area (Å²) in [5.74, 6) is 1.45. The normalized spacial score (nSPS) is 15.0. The van der Waals surface area contributed by atoms with E-state index in [1.165, 1.54) is 0 Å². The number of benzene rings is 1. The van der Waals surface area contributed by atoms with Gasteiger partial charge in [-0.15, -0.1) is 0 Å². The molecule has 1 fully saturated rings. The van der Waals surface area contributed by atoms with Crippen molar-refractivity contribution in [2.45, 2.75) is 32.4 Å². The second-order valence-corrected chi connectivity index (χ2v) is 6.33. The van der Waals surface area contributed by atoms with Crippen LogP contribution in [-0.4, -0.2) is 49.9 Å². The topological polar surface area (TPSA) is 60.0 Å². The quantitative estimate of drug-likeness (QED) is 0.927. The second-order valence-electron chi connectivity index (χ2n) is 6.33. The SMILES string of the molecule is COc1cc(NC2CN(C(=O)OC(C)(C)C)C2)cc(OC)c1. The summed E-state index contributed by atoms with van der Waals surface area (Å²) >= 11 is 0. The summed E-state index contributed by atoms with van der Waals surface area (Å²) in [4.78, 5) is 13.6. The Balaban J connectivity index is 1.89. The van der Waals surface area contributed by atoms with Crippen molar-refractivity contribution in [3.05, 3.63) is 18.2 Å².